The number of likely N-dealkylation sites (tertiary alicyclic amines) is 1. The average Bonchev–Trinajstić information content (AvgIpc) is 2.74. The van der Waals surface area contributed by atoms with Crippen molar-refractivity contribution in [3.63, 3.8) is 0 Å². The third-order valence-electron chi connectivity index (χ3n) is 5.83. The molecule has 3 heterocycles. The van der Waals surface area contributed by atoms with Gasteiger partial charge in [0.1, 0.15) is 6.04 Å². The fourth-order valence-corrected chi connectivity index (χ4v) is 4.49. The maximum absolute atomic E-state index is 13.0. The molecule has 0 unspecified atom stereocenters. The third kappa shape index (κ3) is 4.04. The molecule has 0 radical (unpaired) electrons. The molecule has 1 saturated heterocycles. The van der Waals surface area contributed by atoms with Crippen molar-refractivity contribution in [2.75, 3.05) is 20.2 Å². The lowest BCUT2D eigenvalue weighted by atomic mass is 9.83. The molecular formula is C22H25N3O4. The fraction of sp³-hybridized carbons (Fsp3) is 0.409. The van der Waals surface area contributed by atoms with Crippen molar-refractivity contribution in [3.8, 4) is 0 Å². The van der Waals surface area contributed by atoms with Crippen molar-refractivity contribution in [2.24, 2.45) is 5.92 Å². The maximum Gasteiger partial charge on any atom is 0.328 e. The molecule has 0 saturated carbocycles. The van der Waals surface area contributed by atoms with Crippen LogP contribution in [-0.4, -0.2) is 47.7 Å². The van der Waals surface area contributed by atoms with Gasteiger partial charge in [0, 0.05) is 43.7 Å². The Bertz CT molecular complexity index is 956. The van der Waals surface area contributed by atoms with Crippen LogP contribution in [0.5, 0.6) is 0 Å². The number of piperidine rings is 1. The first kappa shape index (κ1) is 19.2. The van der Waals surface area contributed by atoms with E-state index >= 15 is 0 Å². The monoisotopic (exact) mass is 395 g/mol. The van der Waals surface area contributed by atoms with E-state index in [-0.39, 0.29) is 23.4 Å². The number of hydrogen-bond donors (Lipinski definition) is 1. The highest BCUT2D eigenvalue weighted by molar-refractivity contribution is 5.84. The molecule has 152 valence electrons. The predicted octanol–water partition coefficient (Wildman–Crippen LogP) is 1.76. The Hall–Kier alpha value is -3.09. The Morgan fingerprint density at radius 3 is 2.66 bits per heavy atom. The zero-order valence-corrected chi connectivity index (χ0v) is 16.4. The smallest absolute Gasteiger partial charge is 0.328 e. The molecule has 7 heteroatoms. The molecule has 0 aliphatic carbocycles. The van der Waals surface area contributed by atoms with E-state index < -0.39 is 12.0 Å². The molecule has 2 aliphatic heterocycles. The number of aromatic nitrogens is 1. The molecule has 2 bridgehead atoms. The molecule has 1 fully saturated rings. The molecular weight excluding hydrogens is 370 g/mol. The number of hydrogen-bond acceptors (Lipinski definition) is 4. The normalized spacial score (nSPS) is 21.1. The number of benzene rings is 1. The Labute approximate surface area is 169 Å². The van der Waals surface area contributed by atoms with Crippen LogP contribution in [0.1, 0.15) is 23.6 Å². The second kappa shape index (κ2) is 8.11. The van der Waals surface area contributed by atoms with Crippen LogP contribution in [0.2, 0.25) is 0 Å². The van der Waals surface area contributed by atoms with Crippen LogP contribution in [0.3, 0.4) is 0 Å². The maximum atomic E-state index is 13.0. The molecule has 2 aliphatic rings. The van der Waals surface area contributed by atoms with Gasteiger partial charge in [-0.3, -0.25) is 4.79 Å². The van der Waals surface area contributed by atoms with Crippen LogP contribution < -0.4 is 10.9 Å². The van der Waals surface area contributed by atoms with Gasteiger partial charge in [0.25, 0.3) is 5.56 Å². The Morgan fingerprint density at radius 2 is 1.90 bits per heavy atom. The first-order chi connectivity index (χ1) is 14.0. The molecule has 7 nitrogen and oxygen atoms in total. The van der Waals surface area contributed by atoms with Gasteiger partial charge in [-0.1, -0.05) is 36.4 Å². The number of pyridine rings is 1. The highest BCUT2D eigenvalue weighted by atomic mass is 16.5. The Balaban J connectivity index is 1.48. The largest absolute Gasteiger partial charge is 0.467 e. The van der Waals surface area contributed by atoms with Crippen molar-refractivity contribution >= 4 is 12.0 Å². The van der Waals surface area contributed by atoms with Crippen LogP contribution in [-0.2, 0) is 22.5 Å². The van der Waals surface area contributed by atoms with E-state index in [1.54, 1.807) is 17.0 Å². The molecule has 1 N–H and O–H groups in total. The van der Waals surface area contributed by atoms with E-state index in [0.717, 1.165) is 17.7 Å². The Morgan fingerprint density at radius 1 is 1.10 bits per heavy atom. The number of nitrogens with one attached hydrogen (secondary N) is 1. The summed E-state index contributed by atoms with van der Waals surface area (Å²) in [6.07, 6.45) is 1.34. The first-order valence-corrected chi connectivity index (χ1v) is 9.92. The third-order valence-corrected chi connectivity index (χ3v) is 5.83. The van der Waals surface area contributed by atoms with Crippen molar-refractivity contribution in [1.82, 2.24) is 14.8 Å². The van der Waals surface area contributed by atoms with Crippen LogP contribution in [0.4, 0.5) is 4.79 Å². The SMILES string of the molecule is COC(=O)[C@H](Cc1ccccc1)NC(=O)N1C[C@@H]2C[C@@H](C1)c1cccc(=O)n1C2. The van der Waals surface area contributed by atoms with Gasteiger partial charge < -0.3 is 19.5 Å². The summed E-state index contributed by atoms with van der Waals surface area (Å²) in [6.45, 7) is 1.73. The number of ether oxygens (including phenoxy) is 1. The minimum atomic E-state index is -0.744. The summed E-state index contributed by atoms with van der Waals surface area (Å²) in [6, 6.07) is 13.9. The molecule has 3 atom stereocenters. The van der Waals surface area contributed by atoms with E-state index in [1.165, 1.54) is 7.11 Å². The van der Waals surface area contributed by atoms with Crippen molar-refractivity contribution < 1.29 is 14.3 Å². The minimum Gasteiger partial charge on any atom is -0.467 e. The number of methoxy groups -OCH3 is 1. The van der Waals surface area contributed by atoms with Gasteiger partial charge in [0.15, 0.2) is 0 Å². The summed E-state index contributed by atoms with van der Waals surface area (Å²) < 4.78 is 6.73. The topological polar surface area (TPSA) is 80.6 Å². The quantitative estimate of drug-likeness (QED) is 0.800. The molecule has 29 heavy (non-hydrogen) atoms. The molecule has 1 aromatic carbocycles. The number of amides is 2. The van der Waals surface area contributed by atoms with Gasteiger partial charge in [0.2, 0.25) is 0 Å². The van der Waals surface area contributed by atoms with E-state index in [0.29, 0.717) is 26.1 Å². The molecule has 4 rings (SSSR count). The number of carbonyl (C=O) groups excluding carboxylic acids is 2. The minimum absolute atomic E-state index is 0.0173. The summed E-state index contributed by atoms with van der Waals surface area (Å²) in [5.74, 6) is -0.0954. The van der Waals surface area contributed by atoms with Crippen LogP contribution >= 0.6 is 0 Å². The lowest BCUT2D eigenvalue weighted by molar-refractivity contribution is -0.142. The van der Waals surface area contributed by atoms with E-state index in [2.05, 4.69) is 5.32 Å². The number of rotatable bonds is 4. The van der Waals surface area contributed by atoms with Gasteiger partial charge in [-0.2, -0.15) is 0 Å². The van der Waals surface area contributed by atoms with Crippen molar-refractivity contribution in [1.29, 1.82) is 0 Å². The van der Waals surface area contributed by atoms with E-state index in [1.807, 2.05) is 41.0 Å². The van der Waals surface area contributed by atoms with Gasteiger partial charge >= 0.3 is 12.0 Å². The predicted molar refractivity (Wildman–Crippen MR) is 108 cm³/mol. The van der Waals surface area contributed by atoms with Crippen LogP contribution in [0, 0.1) is 5.92 Å². The molecule has 2 aromatic rings. The number of urea groups is 1. The lowest BCUT2D eigenvalue weighted by Crippen LogP contribution is -2.55. The number of nitrogens with zero attached hydrogens (tertiary/aromatic N) is 2. The zero-order chi connectivity index (χ0) is 20.4. The molecule has 1 aromatic heterocycles. The standard InChI is InChI=1S/C22H25N3O4/c1-29-21(27)18(11-15-6-3-2-4-7-15)23-22(28)24-12-16-10-17(14-24)19-8-5-9-20(26)25(19)13-16/h2-9,16-18H,10-14H2,1H3,(H,23,28)/t16-,17-,18-/m0/s1. The highest BCUT2D eigenvalue weighted by Crippen LogP contribution is 2.34. The average molecular weight is 395 g/mol. The van der Waals surface area contributed by atoms with Crippen molar-refractivity contribution in [2.45, 2.75) is 31.3 Å². The number of esters is 1. The highest BCUT2D eigenvalue weighted by Gasteiger charge is 2.37. The first-order valence-electron chi connectivity index (χ1n) is 9.92. The van der Waals surface area contributed by atoms with E-state index in [9.17, 15) is 14.4 Å². The van der Waals surface area contributed by atoms with Crippen molar-refractivity contribution in [3.05, 3.63) is 70.1 Å². The molecule has 0 spiro atoms. The lowest BCUT2D eigenvalue weighted by Gasteiger charge is -2.42. The summed E-state index contributed by atoms with van der Waals surface area (Å²) in [5, 5.41) is 2.85. The van der Waals surface area contributed by atoms with Gasteiger partial charge in [-0.15, -0.1) is 0 Å². The number of carbonyl (C=O) groups is 2. The van der Waals surface area contributed by atoms with Gasteiger partial charge in [-0.25, -0.2) is 9.59 Å². The van der Waals surface area contributed by atoms with Crippen LogP contribution in [0.25, 0.3) is 0 Å². The van der Waals surface area contributed by atoms with E-state index in [4.69, 9.17) is 4.74 Å². The summed E-state index contributed by atoms with van der Waals surface area (Å²) in [4.78, 5) is 39.1. The molecule has 2 amide bonds. The second-order valence-electron chi connectivity index (χ2n) is 7.82. The van der Waals surface area contributed by atoms with Gasteiger partial charge in [0.05, 0.1) is 7.11 Å². The summed E-state index contributed by atoms with van der Waals surface area (Å²) >= 11 is 0. The summed E-state index contributed by atoms with van der Waals surface area (Å²) in [7, 11) is 1.33. The Kier molecular flexibility index (Phi) is 5.38. The summed E-state index contributed by atoms with van der Waals surface area (Å²) in [5.41, 5.74) is 1.95. The fourth-order valence-electron chi connectivity index (χ4n) is 4.49. The number of fused-ring (bicyclic) bond motifs is 4. The van der Waals surface area contributed by atoms with Gasteiger partial charge in [-0.05, 0) is 24.0 Å². The zero-order valence-electron chi connectivity index (χ0n) is 16.4. The van der Waals surface area contributed by atoms with Crippen LogP contribution in [0.15, 0.2) is 53.3 Å². The second-order valence-corrected chi connectivity index (χ2v) is 7.82.